The van der Waals surface area contributed by atoms with Gasteiger partial charge >= 0.3 is 12.5 Å². The summed E-state index contributed by atoms with van der Waals surface area (Å²) >= 11 is 0. The van der Waals surface area contributed by atoms with Crippen molar-refractivity contribution in [3.63, 3.8) is 0 Å². The van der Waals surface area contributed by atoms with Crippen LogP contribution in [0, 0.1) is 0 Å². The fourth-order valence-electron chi connectivity index (χ4n) is 1.27. The Morgan fingerprint density at radius 2 is 1.74 bits per heavy atom. The van der Waals surface area contributed by atoms with Crippen molar-refractivity contribution >= 4 is 0 Å². The minimum atomic E-state index is -5.39. The lowest BCUT2D eigenvalue weighted by atomic mass is 10.1. The van der Waals surface area contributed by atoms with E-state index in [1.807, 2.05) is 0 Å². The van der Waals surface area contributed by atoms with Crippen molar-refractivity contribution in [2.75, 3.05) is 7.11 Å². The summed E-state index contributed by atoms with van der Waals surface area (Å²) in [6.07, 6.45) is -10.1. The maximum absolute atomic E-state index is 12.7. The van der Waals surface area contributed by atoms with Crippen LogP contribution in [0.3, 0.4) is 0 Å². The number of nitrogens with zero attached hydrogens (tertiary/aromatic N) is 1. The largest absolute Gasteiger partial charge is 0.573 e. The third-order valence-electron chi connectivity index (χ3n) is 1.92. The first-order valence-electron chi connectivity index (χ1n) is 4.55. The molecule has 0 atom stereocenters. The van der Waals surface area contributed by atoms with Crippen LogP contribution < -0.4 is 9.47 Å². The Hall–Kier alpha value is -1.74. The second-order valence-electron chi connectivity index (χ2n) is 3.16. The summed E-state index contributed by atoms with van der Waals surface area (Å²) in [6.45, 7) is -1.70. The van der Waals surface area contributed by atoms with Gasteiger partial charge in [0, 0.05) is 0 Å². The highest BCUT2D eigenvalue weighted by molar-refractivity contribution is 5.49. The second kappa shape index (κ2) is 5.10. The van der Waals surface area contributed by atoms with Gasteiger partial charge in [-0.05, 0) is 0 Å². The van der Waals surface area contributed by atoms with Gasteiger partial charge in [-0.25, -0.2) is 4.39 Å². The predicted molar refractivity (Wildman–Crippen MR) is 47.3 cm³/mol. The minimum absolute atomic E-state index is 0.519. The van der Waals surface area contributed by atoms with Gasteiger partial charge in [0.25, 0.3) is 0 Å². The molecule has 1 aromatic rings. The van der Waals surface area contributed by atoms with E-state index in [0.29, 0.717) is 6.20 Å². The molecule has 0 aliphatic heterocycles. The first-order chi connectivity index (χ1) is 8.60. The normalized spacial score (nSPS) is 12.4. The number of aromatic nitrogens is 1. The number of ether oxygens (including phenoxy) is 2. The summed E-state index contributed by atoms with van der Waals surface area (Å²) in [5, 5.41) is 0. The van der Waals surface area contributed by atoms with Gasteiger partial charge in [-0.1, -0.05) is 0 Å². The highest BCUT2D eigenvalue weighted by atomic mass is 19.4. The van der Waals surface area contributed by atoms with E-state index in [2.05, 4.69) is 14.5 Å². The van der Waals surface area contributed by atoms with Crippen molar-refractivity contribution in [1.82, 2.24) is 4.98 Å². The van der Waals surface area contributed by atoms with E-state index in [1.165, 1.54) is 0 Å². The molecule has 0 amide bonds. The van der Waals surface area contributed by atoms with Gasteiger partial charge in [0.1, 0.15) is 12.2 Å². The fraction of sp³-hybridized carbons (Fsp3) is 0.444. The molecule has 0 aliphatic carbocycles. The smallest absolute Gasteiger partial charge is 0.491 e. The third kappa shape index (κ3) is 3.61. The average Bonchev–Trinajstić information content (AvgIpc) is 2.24. The molecule has 0 spiro atoms. The van der Waals surface area contributed by atoms with Crippen molar-refractivity contribution in [1.29, 1.82) is 0 Å². The molecule has 0 unspecified atom stereocenters. The quantitative estimate of drug-likeness (QED) is 0.800. The Kier molecular flexibility index (Phi) is 4.11. The second-order valence-corrected chi connectivity index (χ2v) is 3.16. The first-order valence-corrected chi connectivity index (χ1v) is 4.55. The Morgan fingerprint density at radius 1 is 1.16 bits per heavy atom. The molecule has 0 saturated heterocycles. The monoisotopic (exact) mass is 293 g/mol. The molecular formula is C9H6F7NO2. The van der Waals surface area contributed by atoms with Crippen molar-refractivity contribution in [2.24, 2.45) is 0 Å². The van der Waals surface area contributed by atoms with Crippen LogP contribution >= 0.6 is 0 Å². The maximum atomic E-state index is 12.7. The van der Waals surface area contributed by atoms with E-state index < -0.39 is 42.0 Å². The van der Waals surface area contributed by atoms with Gasteiger partial charge in [-0.2, -0.15) is 13.2 Å². The van der Waals surface area contributed by atoms with E-state index >= 15 is 0 Å². The number of methoxy groups -OCH3 is 1. The predicted octanol–water partition coefficient (Wildman–Crippen LogP) is 3.48. The lowest BCUT2D eigenvalue weighted by molar-refractivity contribution is -0.276. The van der Waals surface area contributed by atoms with Crippen molar-refractivity contribution in [2.45, 2.75) is 19.2 Å². The van der Waals surface area contributed by atoms with E-state index in [9.17, 15) is 30.7 Å². The molecule has 1 heterocycles. The molecule has 0 bridgehead atoms. The van der Waals surface area contributed by atoms with Crippen LogP contribution in [0.25, 0.3) is 0 Å². The van der Waals surface area contributed by atoms with Gasteiger partial charge in [-0.15, -0.1) is 13.2 Å². The molecule has 0 saturated carbocycles. The lowest BCUT2D eigenvalue weighted by Gasteiger charge is -2.19. The van der Waals surface area contributed by atoms with Crippen LogP contribution in [0.1, 0.15) is 11.3 Å². The van der Waals surface area contributed by atoms with Crippen LogP contribution in [0.5, 0.6) is 11.5 Å². The van der Waals surface area contributed by atoms with Gasteiger partial charge < -0.3 is 9.47 Å². The third-order valence-corrected chi connectivity index (χ3v) is 1.92. The fourth-order valence-corrected chi connectivity index (χ4v) is 1.27. The Labute approximate surface area is 101 Å². The average molecular weight is 293 g/mol. The summed E-state index contributed by atoms with van der Waals surface area (Å²) < 4.78 is 94.4. The van der Waals surface area contributed by atoms with Gasteiger partial charge in [0.15, 0.2) is 11.5 Å². The standard InChI is InChI=1S/C9H6F7NO2/c1-18-5-3-17-4(2-10)6(8(11,12)13)7(5)19-9(14,15)16/h3H,2H2,1H3. The molecular weight excluding hydrogens is 287 g/mol. The number of alkyl halides is 7. The molecule has 3 nitrogen and oxygen atoms in total. The number of rotatable bonds is 3. The topological polar surface area (TPSA) is 31.4 Å². The lowest BCUT2D eigenvalue weighted by Crippen LogP contribution is -2.22. The van der Waals surface area contributed by atoms with Crippen molar-refractivity contribution in [3.8, 4) is 11.5 Å². The summed E-state index contributed by atoms with van der Waals surface area (Å²) in [5.41, 5.74) is -3.17. The van der Waals surface area contributed by atoms with Crippen molar-refractivity contribution < 1.29 is 40.2 Å². The van der Waals surface area contributed by atoms with Crippen LogP contribution in [0.2, 0.25) is 0 Å². The first kappa shape index (κ1) is 15.3. The number of hydrogen-bond donors (Lipinski definition) is 0. The molecule has 0 aliphatic rings. The molecule has 0 aromatic carbocycles. The van der Waals surface area contributed by atoms with Gasteiger partial charge in [0.05, 0.1) is 19.0 Å². The summed E-state index contributed by atoms with van der Waals surface area (Å²) in [4.78, 5) is 3.06. The van der Waals surface area contributed by atoms with Crippen LogP contribution in [0.4, 0.5) is 30.7 Å². The summed E-state index contributed by atoms with van der Waals surface area (Å²) in [5.74, 6) is -2.56. The van der Waals surface area contributed by atoms with Crippen LogP contribution in [-0.4, -0.2) is 18.5 Å². The number of halogens is 7. The molecule has 0 N–H and O–H groups in total. The van der Waals surface area contributed by atoms with Crippen molar-refractivity contribution in [3.05, 3.63) is 17.5 Å². The highest BCUT2D eigenvalue weighted by Crippen LogP contribution is 2.45. The van der Waals surface area contributed by atoms with E-state index in [4.69, 9.17) is 0 Å². The zero-order chi connectivity index (χ0) is 14.8. The zero-order valence-electron chi connectivity index (χ0n) is 9.19. The summed E-state index contributed by atoms with van der Waals surface area (Å²) in [7, 11) is 0.829. The maximum Gasteiger partial charge on any atom is 0.573 e. The molecule has 1 aromatic heterocycles. The number of hydrogen-bond acceptors (Lipinski definition) is 3. The van der Waals surface area contributed by atoms with Gasteiger partial charge in [0.2, 0.25) is 0 Å². The SMILES string of the molecule is COc1cnc(CF)c(C(F)(F)F)c1OC(F)(F)F. The molecule has 1 rings (SSSR count). The summed E-state index contributed by atoms with van der Waals surface area (Å²) in [6, 6.07) is 0. The molecule has 10 heteroatoms. The molecule has 0 fully saturated rings. The van der Waals surface area contributed by atoms with Crippen LogP contribution in [-0.2, 0) is 12.9 Å². The van der Waals surface area contributed by atoms with E-state index in [-0.39, 0.29) is 0 Å². The Bertz CT molecular complexity index is 455. The van der Waals surface area contributed by atoms with E-state index in [1.54, 1.807) is 0 Å². The van der Waals surface area contributed by atoms with E-state index in [0.717, 1.165) is 7.11 Å². The molecule has 108 valence electrons. The van der Waals surface area contributed by atoms with Gasteiger partial charge in [-0.3, -0.25) is 4.98 Å². The molecule has 0 radical (unpaired) electrons. The zero-order valence-corrected chi connectivity index (χ0v) is 9.19. The Morgan fingerprint density at radius 3 is 2.11 bits per heavy atom. The Balaban J connectivity index is 3.53. The molecule has 19 heavy (non-hydrogen) atoms. The van der Waals surface area contributed by atoms with Crippen LogP contribution in [0.15, 0.2) is 6.20 Å². The highest BCUT2D eigenvalue weighted by Gasteiger charge is 2.43. The number of pyridine rings is 1. The minimum Gasteiger partial charge on any atom is -0.491 e.